The lowest BCUT2D eigenvalue weighted by Crippen LogP contribution is -2.41. The fourth-order valence-electron chi connectivity index (χ4n) is 3.21. The zero-order valence-electron chi connectivity index (χ0n) is 16.9. The van der Waals surface area contributed by atoms with Crippen LogP contribution in [-0.4, -0.2) is 41.5 Å². The number of aromatic nitrogens is 2. The Morgan fingerprint density at radius 2 is 1.67 bits per heavy atom. The highest BCUT2D eigenvalue weighted by Crippen LogP contribution is 2.46. The summed E-state index contributed by atoms with van der Waals surface area (Å²) < 4.78 is 3.04. The first kappa shape index (κ1) is 18.7. The molecule has 3 rings (SSSR count). The summed E-state index contributed by atoms with van der Waals surface area (Å²) in [6.07, 6.45) is 3.89. The Bertz CT molecular complexity index is 1100. The van der Waals surface area contributed by atoms with Crippen LogP contribution in [0.4, 0.5) is 22.9 Å². The highest BCUT2D eigenvalue weighted by atomic mass is 16.2. The number of allylic oxidation sites excluding steroid dienone is 2. The number of fused-ring (bicyclic) bond motifs is 2. The van der Waals surface area contributed by atoms with E-state index in [4.69, 9.17) is 0 Å². The lowest BCUT2D eigenvalue weighted by atomic mass is 10.0. The summed E-state index contributed by atoms with van der Waals surface area (Å²) in [5.74, 6) is 0.497. The van der Waals surface area contributed by atoms with Gasteiger partial charge in [0.25, 0.3) is 5.56 Å². The molecular formula is C20H26N5O2+. The summed E-state index contributed by atoms with van der Waals surface area (Å²) >= 11 is 0. The van der Waals surface area contributed by atoms with E-state index >= 15 is 0 Å². The molecule has 142 valence electrons. The molecule has 0 amide bonds. The Balaban J connectivity index is 2.41. The minimum Gasteiger partial charge on any atom is -0.327 e. The quantitative estimate of drug-likeness (QED) is 0.652. The summed E-state index contributed by atoms with van der Waals surface area (Å²) in [6.45, 7) is 6.07. The summed E-state index contributed by atoms with van der Waals surface area (Å²) in [6, 6.07) is 4.17. The third kappa shape index (κ3) is 2.99. The van der Waals surface area contributed by atoms with Gasteiger partial charge in [-0.2, -0.15) is 0 Å². The molecule has 0 saturated heterocycles. The van der Waals surface area contributed by atoms with E-state index in [2.05, 4.69) is 31.0 Å². The van der Waals surface area contributed by atoms with Crippen LogP contribution < -0.4 is 21.0 Å². The van der Waals surface area contributed by atoms with E-state index in [0.29, 0.717) is 11.5 Å². The second-order valence-electron chi connectivity index (χ2n) is 7.23. The van der Waals surface area contributed by atoms with E-state index in [-0.39, 0.29) is 5.56 Å². The monoisotopic (exact) mass is 368 g/mol. The van der Waals surface area contributed by atoms with Crippen molar-refractivity contribution in [2.75, 3.05) is 30.9 Å². The van der Waals surface area contributed by atoms with Gasteiger partial charge >= 0.3 is 5.69 Å². The van der Waals surface area contributed by atoms with Gasteiger partial charge in [0.1, 0.15) is 19.9 Å². The van der Waals surface area contributed by atoms with Gasteiger partial charge in [0, 0.05) is 25.9 Å². The van der Waals surface area contributed by atoms with Crippen molar-refractivity contribution in [3.8, 4) is 0 Å². The first-order chi connectivity index (χ1) is 12.6. The molecule has 1 aromatic heterocycles. The fraction of sp³-hybridized carbons (Fsp3) is 0.350. The number of nitrogens with one attached hydrogen (secondary N) is 1. The largest absolute Gasteiger partial charge is 0.329 e. The first-order valence-electron chi connectivity index (χ1n) is 8.80. The van der Waals surface area contributed by atoms with Gasteiger partial charge in [-0.05, 0) is 44.0 Å². The Hall–Kier alpha value is -3.09. The van der Waals surface area contributed by atoms with Crippen molar-refractivity contribution in [2.45, 2.75) is 20.8 Å². The molecule has 0 saturated carbocycles. The Morgan fingerprint density at radius 3 is 2.26 bits per heavy atom. The molecule has 1 aliphatic rings. The molecule has 0 spiro atoms. The van der Waals surface area contributed by atoms with Crippen LogP contribution in [0.5, 0.6) is 0 Å². The molecule has 2 heterocycles. The molecule has 1 aromatic carbocycles. The van der Waals surface area contributed by atoms with Gasteiger partial charge < -0.3 is 9.80 Å². The number of nitrogens with zero attached hydrogens (tertiary/aromatic N) is 4. The second kappa shape index (κ2) is 6.57. The highest BCUT2D eigenvalue weighted by Gasteiger charge is 2.32. The zero-order valence-corrected chi connectivity index (χ0v) is 16.9. The predicted molar refractivity (Wildman–Crippen MR) is 110 cm³/mol. The number of aromatic amines is 1. The molecule has 0 atom stereocenters. The average molecular weight is 368 g/mol. The molecule has 27 heavy (non-hydrogen) atoms. The maximum atomic E-state index is 13.0. The normalized spacial score (nSPS) is 13.4. The molecular weight excluding hydrogens is 342 g/mol. The Morgan fingerprint density at radius 1 is 1.07 bits per heavy atom. The number of H-pyrrole nitrogens is 1. The summed E-state index contributed by atoms with van der Waals surface area (Å²) in [4.78, 5) is 31.9. The zero-order chi connectivity index (χ0) is 20.0. The van der Waals surface area contributed by atoms with E-state index in [1.807, 2.05) is 54.7 Å². The summed E-state index contributed by atoms with van der Waals surface area (Å²) in [5.41, 5.74) is 4.70. The van der Waals surface area contributed by atoms with Crippen LogP contribution in [0.25, 0.3) is 0 Å². The lowest BCUT2D eigenvalue weighted by Gasteiger charge is -2.38. The number of aryl methyl sites for hydroxylation is 2. The fourth-order valence-corrected chi connectivity index (χ4v) is 3.21. The number of hydrogen-bond donors (Lipinski definition) is 1. The topological polar surface area (TPSA) is 64.3 Å². The number of hydrogen-bond acceptors (Lipinski definition) is 4. The molecule has 0 unspecified atom stereocenters. The van der Waals surface area contributed by atoms with Gasteiger partial charge in [0.2, 0.25) is 0 Å². The predicted octanol–water partition coefficient (Wildman–Crippen LogP) is 2.16. The number of benzene rings is 1. The van der Waals surface area contributed by atoms with Crippen molar-refractivity contribution < 1.29 is 4.58 Å². The van der Waals surface area contributed by atoms with E-state index < -0.39 is 5.69 Å². The minimum atomic E-state index is -0.431. The third-order valence-electron chi connectivity index (χ3n) is 4.98. The van der Waals surface area contributed by atoms with Crippen LogP contribution in [0.3, 0.4) is 0 Å². The molecule has 1 N–H and O–H groups in total. The molecule has 0 bridgehead atoms. The number of anilines is 4. The van der Waals surface area contributed by atoms with E-state index in [1.165, 1.54) is 7.05 Å². The van der Waals surface area contributed by atoms with Crippen molar-refractivity contribution in [1.29, 1.82) is 0 Å². The second-order valence-corrected chi connectivity index (χ2v) is 7.23. The minimum absolute atomic E-state index is 0.331. The van der Waals surface area contributed by atoms with Crippen LogP contribution in [0.2, 0.25) is 0 Å². The molecule has 0 aliphatic carbocycles. The summed E-state index contributed by atoms with van der Waals surface area (Å²) in [7, 11) is 7.24. The average Bonchev–Trinajstić information content (AvgIpc) is 2.61. The standard InChI is InChI=1S/C20H25N5O2/c1-12-10-15-16(11-13(12)2)25(14(3)8-9-22(4)5)17-18(23(15)6)21-20(27)24(7)19(17)26/h8-11H,1-7H3/p+1. The van der Waals surface area contributed by atoms with E-state index in [9.17, 15) is 9.59 Å². The highest BCUT2D eigenvalue weighted by molar-refractivity contribution is 5.94. The van der Waals surface area contributed by atoms with E-state index in [1.54, 1.807) is 0 Å². The van der Waals surface area contributed by atoms with Crippen LogP contribution in [-0.2, 0) is 7.05 Å². The molecule has 1 aliphatic heterocycles. The molecule has 2 aromatic rings. The van der Waals surface area contributed by atoms with Gasteiger partial charge in [-0.3, -0.25) is 14.3 Å². The van der Waals surface area contributed by atoms with Gasteiger partial charge in [-0.1, -0.05) is 0 Å². The van der Waals surface area contributed by atoms with Crippen molar-refractivity contribution in [2.24, 2.45) is 7.05 Å². The lowest BCUT2D eigenvalue weighted by molar-refractivity contribution is -0.458. The molecule has 7 nitrogen and oxygen atoms in total. The maximum absolute atomic E-state index is 13.0. The van der Waals surface area contributed by atoms with Crippen molar-refractivity contribution in [3.63, 3.8) is 0 Å². The molecule has 0 radical (unpaired) electrons. The van der Waals surface area contributed by atoms with Crippen molar-refractivity contribution in [1.82, 2.24) is 9.55 Å². The van der Waals surface area contributed by atoms with Crippen LogP contribution in [0, 0.1) is 13.8 Å². The van der Waals surface area contributed by atoms with Gasteiger partial charge in [0.15, 0.2) is 11.9 Å². The van der Waals surface area contributed by atoms with Crippen molar-refractivity contribution in [3.05, 3.63) is 55.9 Å². The van der Waals surface area contributed by atoms with Crippen molar-refractivity contribution >= 4 is 29.1 Å². The molecule has 7 heteroatoms. The van der Waals surface area contributed by atoms with Crippen LogP contribution >= 0.6 is 0 Å². The summed E-state index contributed by atoms with van der Waals surface area (Å²) in [5, 5.41) is 0. The Kier molecular flexibility index (Phi) is 4.55. The van der Waals surface area contributed by atoms with Crippen LogP contribution in [0.15, 0.2) is 33.5 Å². The molecule has 0 fully saturated rings. The third-order valence-corrected chi connectivity index (χ3v) is 4.98. The Labute approximate surface area is 158 Å². The van der Waals surface area contributed by atoms with Gasteiger partial charge in [-0.25, -0.2) is 9.37 Å². The number of rotatable bonds is 2. The van der Waals surface area contributed by atoms with Crippen LogP contribution in [0.1, 0.15) is 18.1 Å². The maximum Gasteiger partial charge on any atom is 0.329 e. The van der Waals surface area contributed by atoms with E-state index in [0.717, 1.165) is 32.8 Å². The van der Waals surface area contributed by atoms with Gasteiger partial charge in [-0.15, -0.1) is 0 Å². The van der Waals surface area contributed by atoms with Gasteiger partial charge in [0.05, 0.1) is 11.4 Å². The smallest absolute Gasteiger partial charge is 0.327 e. The SMILES string of the molecule is C/C(=C\C=[N+](C)C)N1c2cc(C)c(C)cc2N(C)c2[nH]c(=O)n(C)c(=O)c21. The first-order valence-corrected chi connectivity index (χ1v) is 8.80.